The molecule has 0 saturated carbocycles. The van der Waals surface area contributed by atoms with Crippen LogP contribution in [0.25, 0.3) is 0 Å². The second-order valence-electron chi connectivity index (χ2n) is 6.31. The molecule has 0 spiro atoms. The van der Waals surface area contributed by atoms with Crippen molar-refractivity contribution in [3.05, 3.63) is 52.3 Å². The van der Waals surface area contributed by atoms with Gasteiger partial charge in [0.25, 0.3) is 0 Å². The molecule has 1 aliphatic carbocycles. The monoisotopic (exact) mass is 283 g/mol. The highest BCUT2D eigenvalue weighted by Crippen LogP contribution is 2.42. The third-order valence-electron chi connectivity index (χ3n) is 5.04. The maximum absolute atomic E-state index is 6.59. The smallest absolute Gasteiger partial charge is 0.0720 e. The second kappa shape index (κ2) is 5.30. The summed E-state index contributed by atoms with van der Waals surface area (Å²) in [5.74, 6) is 0.528. The second-order valence-corrected chi connectivity index (χ2v) is 6.31. The van der Waals surface area contributed by atoms with Gasteiger partial charge >= 0.3 is 0 Å². The Bertz CT molecular complexity index is 656. The third kappa shape index (κ3) is 2.20. The molecular formula is C18H25N3. The maximum atomic E-state index is 6.59. The SMILES string of the molecule is CCc1c(C)nn(C2CC(C)c3ccccc3C2N)c1C. The third-order valence-corrected chi connectivity index (χ3v) is 5.04. The summed E-state index contributed by atoms with van der Waals surface area (Å²) in [5.41, 5.74) is 13.1. The molecule has 2 N–H and O–H groups in total. The fourth-order valence-corrected chi connectivity index (χ4v) is 3.89. The van der Waals surface area contributed by atoms with Crippen LogP contribution in [0.2, 0.25) is 0 Å². The van der Waals surface area contributed by atoms with E-state index in [0.29, 0.717) is 5.92 Å². The Morgan fingerprint density at radius 2 is 1.90 bits per heavy atom. The highest BCUT2D eigenvalue weighted by molar-refractivity contribution is 5.36. The molecule has 0 amide bonds. The number of aryl methyl sites for hydroxylation is 1. The van der Waals surface area contributed by atoms with Crippen molar-refractivity contribution in [1.82, 2.24) is 9.78 Å². The lowest BCUT2D eigenvalue weighted by Gasteiger charge is -2.35. The molecule has 1 aromatic carbocycles. The Balaban J connectivity index is 2.05. The Morgan fingerprint density at radius 3 is 2.52 bits per heavy atom. The first-order chi connectivity index (χ1) is 10.0. The van der Waals surface area contributed by atoms with Crippen LogP contribution in [0, 0.1) is 13.8 Å². The average molecular weight is 283 g/mol. The predicted molar refractivity (Wildman–Crippen MR) is 86.5 cm³/mol. The topological polar surface area (TPSA) is 43.8 Å². The molecule has 112 valence electrons. The van der Waals surface area contributed by atoms with Crippen molar-refractivity contribution >= 4 is 0 Å². The van der Waals surface area contributed by atoms with Crippen LogP contribution >= 0.6 is 0 Å². The van der Waals surface area contributed by atoms with Crippen molar-refractivity contribution in [2.75, 3.05) is 0 Å². The van der Waals surface area contributed by atoms with Gasteiger partial charge in [0.2, 0.25) is 0 Å². The number of nitrogens with two attached hydrogens (primary N) is 1. The van der Waals surface area contributed by atoms with Gasteiger partial charge in [0.05, 0.1) is 17.8 Å². The molecule has 3 nitrogen and oxygen atoms in total. The van der Waals surface area contributed by atoms with E-state index in [4.69, 9.17) is 10.8 Å². The van der Waals surface area contributed by atoms with Crippen molar-refractivity contribution < 1.29 is 0 Å². The molecule has 3 heteroatoms. The van der Waals surface area contributed by atoms with Gasteiger partial charge in [-0.3, -0.25) is 4.68 Å². The van der Waals surface area contributed by atoms with Gasteiger partial charge in [0, 0.05) is 5.69 Å². The van der Waals surface area contributed by atoms with E-state index in [2.05, 4.69) is 56.6 Å². The molecule has 3 unspecified atom stereocenters. The minimum absolute atomic E-state index is 0.0279. The van der Waals surface area contributed by atoms with E-state index in [1.807, 2.05) is 0 Å². The summed E-state index contributed by atoms with van der Waals surface area (Å²) >= 11 is 0. The molecule has 1 aliphatic rings. The number of hydrogen-bond donors (Lipinski definition) is 1. The molecular weight excluding hydrogens is 258 g/mol. The standard InChI is InChI=1S/C18H25N3/c1-5-14-12(3)20-21(13(14)4)17-10-11(2)15-8-6-7-9-16(15)18(17)19/h6-9,11,17-18H,5,10,19H2,1-4H3. The zero-order valence-corrected chi connectivity index (χ0v) is 13.4. The van der Waals surface area contributed by atoms with Gasteiger partial charge in [-0.2, -0.15) is 5.10 Å². The zero-order chi connectivity index (χ0) is 15.1. The summed E-state index contributed by atoms with van der Waals surface area (Å²) in [4.78, 5) is 0. The van der Waals surface area contributed by atoms with Crippen LogP contribution in [-0.4, -0.2) is 9.78 Å². The Morgan fingerprint density at radius 1 is 1.24 bits per heavy atom. The van der Waals surface area contributed by atoms with E-state index in [-0.39, 0.29) is 12.1 Å². The number of aromatic nitrogens is 2. The van der Waals surface area contributed by atoms with Crippen LogP contribution in [-0.2, 0) is 6.42 Å². The number of fused-ring (bicyclic) bond motifs is 1. The van der Waals surface area contributed by atoms with E-state index in [1.54, 1.807) is 0 Å². The van der Waals surface area contributed by atoms with Crippen LogP contribution in [0.3, 0.4) is 0 Å². The molecule has 0 radical (unpaired) electrons. The van der Waals surface area contributed by atoms with Crippen LogP contribution in [0.4, 0.5) is 0 Å². The lowest BCUT2D eigenvalue weighted by Crippen LogP contribution is -2.32. The highest BCUT2D eigenvalue weighted by atomic mass is 15.3. The van der Waals surface area contributed by atoms with Gasteiger partial charge in [0.15, 0.2) is 0 Å². The number of hydrogen-bond acceptors (Lipinski definition) is 2. The van der Waals surface area contributed by atoms with E-state index in [9.17, 15) is 0 Å². The molecule has 3 atom stereocenters. The average Bonchev–Trinajstić information content (AvgIpc) is 2.77. The van der Waals surface area contributed by atoms with Crippen molar-refractivity contribution in [1.29, 1.82) is 0 Å². The number of rotatable bonds is 2. The van der Waals surface area contributed by atoms with Crippen LogP contribution in [0.15, 0.2) is 24.3 Å². The number of benzene rings is 1. The Kier molecular flexibility index (Phi) is 3.62. The zero-order valence-electron chi connectivity index (χ0n) is 13.4. The van der Waals surface area contributed by atoms with E-state index in [1.165, 1.54) is 22.4 Å². The molecule has 0 bridgehead atoms. The van der Waals surface area contributed by atoms with E-state index >= 15 is 0 Å². The van der Waals surface area contributed by atoms with Crippen molar-refractivity contribution in [3.63, 3.8) is 0 Å². The van der Waals surface area contributed by atoms with Crippen LogP contribution < -0.4 is 5.73 Å². The predicted octanol–water partition coefficient (Wildman–Crippen LogP) is 3.81. The molecule has 0 fully saturated rings. The van der Waals surface area contributed by atoms with Gasteiger partial charge in [-0.25, -0.2) is 0 Å². The van der Waals surface area contributed by atoms with Crippen molar-refractivity contribution in [2.24, 2.45) is 5.73 Å². The summed E-state index contributed by atoms with van der Waals surface area (Å²) in [6.07, 6.45) is 2.09. The molecule has 2 aromatic rings. The van der Waals surface area contributed by atoms with Crippen molar-refractivity contribution in [2.45, 2.75) is 58.5 Å². The van der Waals surface area contributed by atoms with Crippen LogP contribution in [0.1, 0.15) is 66.3 Å². The molecule has 0 saturated heterocycles. The summed E-state index contributed by atoms with van der Waals surface area (Å²) in [7, 11) is 0. The molecule has 3 rings (SSSR count). The summed E-state index contributed by atoms with van der Waals surface area (Å²) in [5, 5.41) is 4.80. The lowest BCUT2D eigenvalue weighted by atomic mass is 9.78. The first kappa shape index (κ1) is 14.3. The highest BCUT2D eigenvalue weighted by Gasteiger charge is 2.33. The fraction of sp³-hybridized carbons (Fsp3) is 0.500. The fourth-order valence-electron chi connectivity index (χ4n) is 3.89. The largest absolute Gasteiger partial charge is 0.322 e. The van der Waals surface area contributed by atoms with Gasteiger partial charge in [-0.05, 0) is 49.3 Å². The van der Waals surface area contributed by atoms with E-state index in [0.717, 1.165) is 18.5 Å². The van der Waals surface area contributed by atoms with Gasteiger partial charge in [-0.15, -0.1) is 0 Å². The molecule has 21 heavy (non-hydrogen) atoms. The Hall–Kier alpha value is -1.61. The first-order valence-corrected chi connectivity index (χ1v) is 7.93. The summed E-state index contributed by atoms with van der Waals surface area (Å²) in [6.45, 7) is 8.77. The Labute approximate surface area is 127 Å². The lowest BCUT2D eigenvalue weighted by molar-refractivity contribution is 0.313. The molecule has 0 aliphatic heterocycles. The van der Waals surface area contributed by atoms with E-state index < -0.39 is 0 Å². The quantitative estimate of drug-likeness (QED) is 0.910. The summed E-state index contributed by atoms with van der Waals surface area (Å²) in [6, 6.07) is 8.88. The minimum Gasteiger partial charge on any atom is -0.322 e. The van der Waals surface area contributed by atoms with Gasteiger partial charge < -0.3 is 5.73 Å². The van der Waals surface area contributed by atoms with Crippen LogP contribution in [0.5, 0.6) is 0 Å². The van der Waals surface area contributed by atoms with Gasteiger partial charge in [-0.1, -0.05) is 38.1 Å². The summed E-state index contributed by atoms with van der Waals surface area (Å²) < 4.78 is 2.19. The number of nitrogens with zero attached hydrogens (tertiary/aromatic N) is 2. The van der Waals surface area contributed by atoms with Gasteiger partial charge in [0.1, 0.15) is 0 Å². The normalized spacial score (nSPS) is 24.9. The maximum Gasteiger partial charge on any atom is 0.0720 e. The molecule has 1 heterocycles. The first-order valence-electron chi connectivity index (χ1n) is 7.93. The minimum atomic E-state index is 0.0279. The molecule has 1 aromatic heterocycles. The van der Waals surface area contributed by atoms with Crippen molar-refractivity contribution in [3.8, 4) is 0 Å².